The molecule has 9 nitrogen and oxygen atoms in total. The lowest BCUT2D eigenvalue weighted by Gasteiger charge is -2.12. The zero-order valence-electron chi connectivity index (χ0n) is 10.8. The van der Waals surface area contributed by atoms with Crippen LogP contribution < -0.4 is 5.32 Å². The Morgan fingerprint density at radius 2 is 2.10 bits per heavy atom. The maximum Gasteiger partial charge on any atom is 0.345 e. The first-order valence-electron chi connectivity index (χ1n) is 5.99. The Bertz CT molecular complexity index is 615. The van der Waals surface area contributed by atoms with E-state index in [1.807, 2.05) is 0 Å². The number of urea groups is 1. The van der Waals surface area contributed by atoms with E-state index in [1.165, 1.54) is 18.2 Å². The van der Waals surface area contributed by atoms with Crippen molar-refractivity contribution in [2.24, 2.45) is 0 Å². The SMILES string of the molecule is O=C(OCC(=O)N1CCNC1=O)c1ccccc1[N+](=O)[O-]. The summed E-state index contributed by atoms with van der Waals surface area (Å²) < 4.78 is 4.73. The zero-order chi connectivity index (χ0) is 15.4. The highest BCUT2D eigenvalue weighted by atomic mass is 16.6. The molecule has 0 spiro atoms. The summed E-state index contributed by atoms with van der Waals surface area (Å²) in [6.07, 6.45) is 0. The molecular formula is C12H11N3O6. The third-order valence-electron chi connectivity index (χ3n) is 2.81. The average Bonchev–Trinajstić information content (AvgIpc) is 2.90. The topological polar surface area (TPSA) is 119 Å². The maximum atomic E-state index is 11.8. The number of ether oxygens (including phenoxy) is 1. The molecule has 0 unspecified atom stereocenters. The van der Waals surface area contributed by atoms with E-state index in [-0.39, 0.29) is 12.1 Å². The van der Waals surface area contributed by atoms with Gasteiger partial charge in [-0.1, -0.05) is 12.1 Å². The number of nitro benzene ring substituents is 1. The van der Waals surface area contributed by atoms with E-state index >= 15 is 0 Å². The molecule has 1 N–H and O–H groups in total. The average molecular weight is 293 g/mol. The third kappa shape index (κ3) is 3.14. The Kier molecular flexibility index (Phi) is 4.12. The Morgan fingerprint density at radius 1 is 1.38 bits per heavy atom. The third-order valence-corrected chi connectivity index (χ3v) is 2.81. The summed E-state index contributed by atoms with van der Waals surface area (Å²) in [7, 11) is 0. The minimum Gasteiger partial charge on any atom is -0.452 e. The molecule has 0 radical (unpaired) electrons. The molecule has 21 heavy (non-hydrogen) atoms. The lowest BCUT2D eigenvalue weighted by molar-refractivity contribution is -0.385. The molecule has 0 bridgehead atoms. The molecule has 0 atom stereocenters. The number of hydrogen-bond donors (Lipinski definition) is 1. The molecule has 1 aliphatic rings. The van der Waals surface area contributed by atoms with Crippen LogP contribution in [0.15, 0.2) is 24.3 Å². The van der Waals surface area contributed by atoms with Crippen molar-refractivity contribution in [3.8, 4) is 0 Å². The van der Waals surface area contributed by atoms with Gasteiger partial charge in [0.05, 0.1) is 4.92 Å². The Labute approximate surface area is 118 Å². The van der Waals surface area contributed by atoms with E-state index < -0.39 is 35.1 Å². The first-order valence-corrected chi connectivity index (χ1v) is 5.99. The predicted molar refractivity (Wildman–Crippen MR) is 68.5 cm³/mol. The number of benzene rings is 1. The van der Waals surface area contributed by atoms with Gasteiger partial charge in [-0.05, 0) is 6.07 Å². The van der Waals surface area contributed by atoms with Crippen LogP contribution in [0.3, 0.4) is 0 Å². The fraction of sp³-hybridized carbons (Fsp3) is 0.250. The zero-order valence-corrected chi connectivity index (χ0v) is 10.8. The van der Waals surface area contributed by atoms with Crippen molar-refractivity contribution in [3.05, 3.63) is 39.9 Å². The van der Waals surface area contributed by atoms with Gasteiger partial charge in [-0.2, -0.15) is 0 Å². The van der Waals surface area contributed by atoms with Gasteiger partial charge in [0.2, 0.25) is 0 Å². The molecule has 1 fully saturated rings. The van der Waals surface area contributed by atoms with Crippen LogP contribution >= 0.6 is 0 Å². The highest BCUT2D eigenvalue weighted by Gasteiger charge is 2.28. The Balaban J connectivity index is 2.01. The van der Waals surface area contributed by atoms with Crippen molar-refractivity contribution < 1.29 is 24.0 Å². The second-order valence-electron chi connectivity index (χ2n) is 4.13. The number of nitro groups is 1. The minimum atomic E-state index is -0.991. The molecule has 1 aliphatic heterocycles. The van der Waals surface area contributed by atoms with Gasteiger partial charge in [-0.3, -0.25) is 19.8 Å². The summed E-state index contributed by atoms with van der Waals surface area (Å²) in [5.74, 6) is -1.67. The van der Waals surface area contributed by atoms with Gasteiger partial charge in [-0.25, -0.2) is 9.59 Å². The highest BCUT2D eigenvalue weighted by Crippen LogP contribution is 2.18. The van der Waals surface area contributed by atoms with Crippen LogP contribution in [0.2, 0.25) is 0 Å². The molecule has 0 saturated carbocycles. The van der Waals surface area contributed by atoms with Crippen molar-refractivity contribution in [1.82, 2.24) is 10.2 Å². The molecule has 1 saturated heterocycles. The van der Waals surface area contributed by atoms with E-state index in [4.69, 9.17) is 4.74 Å². The second kappa shape index (κ2) is 5.99. The van der Waals surface area contributed by atoms with Crippen molar-refractivity contribution in [1.29, 1.82) is 0 Å². The first-order chi connectivity index (χ1) is 10.0. The summed E-state index contributed by atoms with van der Waals surface area (Å²) >= 11 is 0. The summed E-state index contributed by atoms with van der Waals surface area (Å²) in [5.41, 5.74) is -0.657. The number of para-hydroxylation sites is 1. The molecule has 1 aromatic carbocycles. The predicted octanol–water partition coefficient (Wildman–Crippen LogP) is 0.303. The van der Waals surface area contributed by atoms with Crippen LogP contribution in [-0.4, -0.2) is 47.4 Å². The van der Waals surface area contributed by atoms with Gasteiger partial charge in [0.25, 0.3) is 11.6 Å². The summed E-state index contributed by atoms with van der Waals surface area (Å²) in [6.45, 7) is -0.123. The van der Waals surface area contributed by atoms with Crippen molar-refractivity contribution in [2.45, 2.75) is 0 Å². The molecule has 2 rings (SSSR count). The standard InChI is InChI=1S/C12H11N3O6/c16-10(14-6-5-13-12(14)18)7-21-11(17)8-3-1-2-4-9(8)15(19)20/h1-4H,5-7H2,(H,13,18). The number of carbonyl (C=O) groups is 3. The molecule has 3 amide bonds. The fourth-order valence-corrected chi connectivity index (χ4v) is 1.80. The van der Waals surface area contributed by atoms with E-state index in [0.29, 0.717) is 6.54 Å². The van der Waals surface area contributed by atoms with E-state index in [9.17, 15) is 24.5 Å². The summed E-state index contributed by atoms with van der Waals surface area (Å²) in [6, 6.07) is 4.69. The van der Waals surface area contributed by atoms with Crippen LogP contribution in [0.5, 0.6) is 0 Å². The monoisotopic (exact) mass is 293 g/mol. The number of esters is 1. The fourth-order valence-electron chi connectivity index (χ4n) is 1.80. The maximum absolute atomic E-state index is 11.8. The Hall–Kier alpha value is -2.97. The smallest absolute Gasteiger partial charge is 0.345 e. The van der Waals surface area contributed by atoms with E-state index in [1.54, 1.807) is 0 Å². The van der Waals surface area contributed by atoms with Gasteiger partial charge in [0.1, 0.15) is 5.56 Å². The first kappa shape index (κ1) is 14.4. The number of carbonyl (C=O) groups excluding carboxylic acids is 3. The molecule has 0 aromatic heterocycles. The molecular weight excluding hydrogens is 282 g/mol. The summed E-state index contributed by atoms with van der Waals surface area (Å²) in [4.78, 5) is 45.7. The quantitative estimate of drug-likeness (QED) is 0.484. The van der Waals surface area contributed by atoms with Crippen LogP contribution in [0.1, 0.15) is 10.4 Å². The second-order valence-corrected chi connectivity index (χ2v) is 4.13. The number of hydrogen-bond acceptors (Lipinski definition) is 6. The molecule has 1 heterocycles. The van der Waals surface area contributed by atoms with E-state index in [0.717, 1.165) is 11.0 Å². The van der Waals surface area contributed by atoms with E-state index in [2.05, 4.69) is 5.32 Å². The Morgan fingerprint density at radius 3 is 2.71 bits per heavy atom. The summed E-state index contributed by atoms with van der Waals surface area (Å²) in [5, 5.41) is 13.2. The van der Waals surface area contributed by atoms with Crippen LogP contribution in [-0.2, 0) is 9.53 Å². The lowest BCUT2D eigenvalue weighted by Crippen LogP contribution is -2.37. The van der Waals surface area contributed by atoms with Gasteiger partial charge in [-0.15, -0.1) is 0 Å². The van der Waals surface area contributed by atoms with Crippen LogP contribution in [0, 0.1) is 10.1 Å². The number of nitrogens with zero attached hydrogens (tertiary/aromatic N) is 2. The van der Waals surface area contributed by atoms with Gasteiger partial charge in [0.15, 0.2) is 6.61 Å². The van der Waals surface area contributed by atoms with Crippen molar-refractivity contribution in [2.75, 3.05) is 19.7 Å². The molecule has 9 heteroatoms. The normalized spacial score (nSPS) is 13.7. The largest absolute Gasteiger partial charge is 0.452 e. The highest BCUT2D eigenvalue weighted by molar-refractivity contribution is 5.99. The molecule has 1 aromatic rings. The number of nitrogens with one attached hydrogen (secondary N) is 1. The van der Waals surface area contributed by atoms with Crippen molar-refractivity contribution in [3.63, 3.8) is 0 Å². The van der Waals surface area contributed by atoms with Gasteiger partial charge in [0, 0.05) is 19.2 Å². The number of imide groups is 1. The molecule has 0 aliphatic carbocycles. The van der Waals surface area contributed by atoms with Crippen LogP contribution in [0.4, 0.5) is 10.5 Å². The molecule has 110 valence electrons. The van der Waals surface area contributed by atoms with Crippen molar-refractivity contribution >= 4 is 23.6 Å². The minimum absolute atomic E-state index is 0.195. The van der Waals surface area contributed by atoms with Gasteiger partial charge >= 0.3 is 12.0 Å². The number of rotatable bonds is 4. The van der Waals surface area contributed by atoms with Gasteiger partial charge < -0.3 is 10.1 Å². The number of amides is 3. The van der Waals surface area contributed by atoms with Crippen LogP contribution in [0.25, 0.3) is 0 Å². The lowest BCUT2D eigenvalue weighted by atomic mass is 10.2.